The second-order valence-electron chi connectivity index (χ2n) is 5.08. The molecule has 7 heteroatoms. The second-order valence-corrected chi connectivity index (χ2v) is 5.88. The quantitative estimate of drug-likeness (QED) is 0.382. The summed E-state index contributed by atoms with van der Waals surface area (Å²) in [5, 5.41) is 19.7. The third-order valence-electron chi connectivity index (χ3n) is 2.59. The molecular formula is C12H14BrNO5. The van der Waals surface area contributed by atoms with E-state index in [9.17, 15) is 14.9 Å². The smallest absolute Gasteiger partial charge is 0.449 e. The van der Waals surface area contributed by atoms with E-state index in [1.54, 1.807) is 6.92 Å². The topological polar surface area (TPSA) is 89.7 Å². The van der Waals surface area contributed by atoms with Crippen molar-refractivity contribution in [3.8, 4) is 5.75 Å². The number of carbonyl (C=O) groups is 1. The van der Waals surface area contributed by atoms with E-state index in [4.69, 9.17) is 5.11 Å². The minimum atomic E-state index is -1.50. The minimum Gasteiger partial charge on any atom is -0.449 e. The first kappa shape index (κ1) is 15.4. The Bertz CT molecular complexity index is 548. The van der Waals surface area contributed by atoms with Crippen molar-refractivity contribution in [2.75, 3.05) is 0 Å². The molecule has 104 valence electrons. The number of ether oxygens (including phenoxy) is 1. The van der Waals surface area contributed by atoms with Crippen molar-refractivity contribution in [1.82, 2.24) is 0 Å². The molecule has 0 aromatic heterocycles. The van der Waals surface area contributed by atoms with E-state index in [0.29, 0.717) is 15.6 Å². The van der Waals surface area contributed by atoms with Crippen LogP contribution in [-0.2, 0) is 5.41 Å². The van der Waals surface area contributed by atoms with Crippen LogP contribution in [0.25, 0.3) is 0 Å². The Morgan fingerprint density at radius 2 is 2.00 bits per heavy atom. The molecule has 0 aliphatic carbocycles. The van der Waals surface area contributed by atoms with Gasteiger partial charge < -0.3 is 9.84 Å². The van der Waals surface area contributed by atoms with Gasteiger partial charge in [0.2, 0.25) is 0 Å². The molecule has 1 N–H and O–H groups in total. The van der Waals surface area contributed by atoms with Gasteiger partial charge in [-0.05, 0) is 33.8 Å². The van der Waals surface area contributed by atoms with Crippen LogP contribution in [0.15, 0.2) is 10.5 Å². The summed E-state index contributed by atoms with van der Waals surface area (Å²) in [7, 11) is 0. The van der Waals surface area contributed by atoms with Crippen LogP contribution in [0.2, 0.25) is 0 Å². The molecule has 0 amide bonds. The zero-order valence-electron chi connectivity index (χ0n) is 11.0. The molecule has 0 saturated carbocycles. The zero-order chi connectivity index (χ0) is 15.0. The van der Waals surface area contributed by atoms with Gasteiger partial charge in [-0.1, -0.05) is 20.8 Å². The summed E-state index contributed by atoms with van der Waals surface area (Å²) >= 11 is 3.18. The molecule has 1 aromatic rings. The Morgan fingerprint density at radius 1 is 1.47 bits per heavy atom. The maximum Gasteiger partial charge on any atom is 0.511 e. The molecule has 0 fully saturated rings. The van der Waals surface area contributed by atoms with E-state index in [1.165, 1.54) is 0 Å². The maximum atomic E-state index is 10.9. The van der Waals surface area contributed by atoms with Crippen molar-refractivity contribution in [2.45, 2.75) is 33.1 Å². The normalized spacial score (nSPS) is 11.2. The lowest BCUT2D eigenvalue weighted by Gasteiger charge is -2.24. The number of halogens is 1. The number of nitrogens with zero attached hydrogens (tertiary/aromatic N) is 1. The molecule has 0 spiro atoms. The lowest BCUT2D eigenvalue weighted by Crippen LogP contribution is -2.18. The molecule has 0 atom stereocenters. The zero-order valence-corrected chi connectivity index (χ0v) is 12.6. The average molecular weight is 332 g/mol. The van der Waals surface area contributed by atoms with E-state index in [2.05, 4.69) is 20.7 Å². The SMILES string of the molecule is Cc1c(Br)c([N+](=O)[O-])cc(OC(=O)O)c1C(C)(C)C. The van der Waals surface area contributed by atoms with Crippen molar-refractivity contribution < 1.29 is 19.6 Å². The van der Waals surface area contributed by atoms with E-state index in [0.717, 1.165) is 6.07 Å². The van der Waals surface area contributed by atoms with Crippen molar-refractivity contribution in [2.24, 2.45) is 0 Å². The van der Waals surface area contributed by atoms with Crippen LogP contribution in [-0.4, -0.2) is 16.2 Å². The largest absolute Gasteiger partial charge is 0.511 e. The second kappa shape index (κ2) is 5.16. The van der Waals surface area contributed by atoms with Gasteiger partial charge in [-0.15, -0.1) is 0 Å². The Hall–Kier alpha value is -1.63. The van der Waals surface area contributed by atoms with Crippen molar-refractivity contribution in [3.05, 3.63) is 31.8 Å². The highest BCUT2D eigenvalue weighted by molar-refractivity contribution is 9.10. The molecule has 0 aliphatic heterocycles. The van der Waals surface area contributed by atoms with Gasteiger partial charge in [-0.2, -0.15) is 0 Å². The number of nitro groups is 1. The van der Waals surface area contributed by atoms with Crippen LogP contribution < -0.4 is 4.74 Å². The number of benzene rings is 1. The monoisotopic (exact) mass is 331 g/mol. The van der Waals surface area contributed by atoms with Gasteiger partial charge in [0.15, 0.2) is 0 Å². The van der Waals surface area contributed by atoms with Crippen LogP contribution in [0.5, 0.6) is 5.75 Å². The molecule has 0 unspecified atom stereocenters. The number of carboxylic acid groups (broad SMARTS) is 1. The number of rotatable bonds is 2. The third-order valence-corrected chi connectivity index (χ3v) is 3.59. The van der Waals surface area contributed by atoms with Gasteiger partial charge in [0, 0.05) is 5.56 Å². The highest BCUT2D eigenvalue weighted by atomic mass is 79.9. The summed E-state index contributed by atoms with van der Waals surface area (Å²) in [4.78, 5) is 21.1. The fourth-order valence-corrected chi connectivity index (χ4v) is 2.44. The highest BCUT2D eigenvalue weighted by Gasteiger charge is 2.29. The molecule has 0 aliphatic rings. The molecule has 0 saturated heterocycles. The first-order valence-electron chi connectivity index (χ1n) is 5.44. The Labute approximate surface area is 118 Å². The van der Waals surface area contributed by atoms with Crippen molar-refractivity contribution >= 4 is 27.8 Å². The molecule has 0 radical (unpaired) electrons. The van der Waals surface area contributed by atoms with Gasteiger partial charge in [0.25, 0.3) is 5.69 Å². The van der Waals surface area contributed by atoms with E-state index in [-0.39, 0.29) is 11.4 Å². The molecule has 1 aromatic carbocycles. The first-order valence-corrected chi connectivity index (χ1v) is 6.23. The molecule has 19 heavy (non-hydrogen) atoms. The summed E-state index contributed by atoms with van der Waals surface area (Å²) in [6.07, 6.45) is -1.50. The summed E-state index contributed by atoms with van der Waals surface area (Å²) < 4.78 is 5.02. The maximum absolute atomic E-state index is 10.9. The molecule has 0 bridgehead atoms. The predicted molar refractivity (Wildman–Crippen MR) is 72.9 cm³/mol. The number of hydrogen-bond donors (Lipinski definition) is 1. The standard InChI is InChI=1S/C12H14BrNO5/c1-6-9(12(2,3)4)8(19-11(15)16)5-7(10(6)13)14(17)18/h5H,1-4H3,(H,15,16). The number of nitro benzene ring substituents is 1. The molecule has 0 heterocycles. The summed E-state index contributed by atoms with van der Waals surface area (Å²) in [5.74, 6) is -0.00704. The summed E-state index contributed by atoms with van der Waals surface area (Å²) in [6, 6.07) is 1.13. The molecule has 1 rings (SSSR count). The lowest BCUT2D eigenvalue weighted by atomic mass is 9.83. The summed E-state index contributed by atoms with van der Waals surface area (Å²) in [6.45, 7) is 7.32. The third kappa shape index (κ3) is 3.23. The van der Waals surface area contributed by atoms with E-state index < -0.39 is 16.5 Å². The molecule has 6 nitrogen and oxygen atoms in total. The molecular weight excluding hydrogens is 318 g/mol. The summed E-state index contributed by atoms with van der Waals surface area (Å²) in [5.41, 5.74) is 0.582. The Morgan fingerprint density at radius 3 is 2.37 bits per heavy atom. The Kier molecular flexibility index (Phi) is 4.19. The van der Waals surface area contributed by atoms with Crippen LogP contribution >= 0.6 is 15.9 Å². The lowest BCUT2D eigenvalue weighted by molar-refractivity contribution is -0.385. The van der Waals surface area contributed by atoms with Crippen LogP contribution in [0, 0.1) is 17.0 Å². The van der Waals surface area contributed by atoms with Crippen molar-refractivity contribution in [1.29, 1.82) is 0 Å². The van der Waals surface area contributed by atoms with Gasteiger partial charge in [-0.3, -0.25) is 10.1 Å². The van der Waals surface area contributed by atoms with Gasteiger partial charge >= 0.3 is 6.16 Å². The minimum absolute atomic E-state index is 0.00704. The van der Waals surface area contributed by atoms with Crippen LogP contribution in [0.3, 0.4) is 0 Å². The van der Waals surface area contributed by atoms with Crippen LogP contribution in [0.4, 0.5) is 10.5 Å². The fourth-order valence-electron chi connectivity index (χ4n) is 1.99. The average Bonchev–Trinajstić information content (AvgIpc) is 2.19. The fraction of sp³-hybridized carbons (Fsp3) is 0.417. The van der Waals surface area contributed by atoms with Crippen molar-refractivity contribution in [3.63, 3.8) is 0 Å². The van der Waals surface area contributed by atoms with Crippen LogP contribution in [0.1, 0.15) is 31.9 Å². The van der Waals surface area contributed by atoms with Gasteiger partial charge in [0.05, 0.1) is 15.5 Å². The Balaban J connectivity index is 3.65. The van der Waals surface area contributed by atoms with Gasteiger partial charge in [0.1, 0.15) is 5.75 Å². The van der Waals surface area contributed by atoms with Gasteiger partial charge in [-0.25, -0.2) is 4.79 Å². The first-order chi connectivity index (χ1) is 8.55. The highest BCUT2D eigenvalue weighted by Crippen LogP contribution is 2.42. The number of hydrogen-bond acceptors (Lipinski definition) is 4. The van der Waals surface area contributed by atoms with E-state index >= 15 is 0 Å². The predicted octanol–water partition coefficient (Wildman–Crippen LogP) is 4.02. The van der Waals surface area contributed by atoms with E-state index in [1.807, 2.05) is 20.8 Å².